The molecule has 1 aliphatic heterocycles. The Bertz CT molecular complexity index is 1080. The second-order valence-electron chi connectivity index (χ2n) is 8.18. The van der Waals surface area contributed by atoms with Crippen molar-refractivity contribution in [3.8, 4) is 17.0 Å². The normalized spacial score (nSPS) is 13.4. The highest BCUT2D eigenvalue weighted by Gasteiger charge is 2.18. The van der Waals surface area contributed by atoms with Gasteiger partial charge in [-0.25, -0.2) is 4.39 Å². The zero-order chi connectivity index (χ0) is 23.0. The Morgan fingerprint density at radius 1 is 1.12 bits per heavy atom. The Morgan fingerprint density at radius 3 is 2.76 bits per heavy atom. The monoisotopic (exact) mass is 448 g/mol. The first-order chi connectivity index (χ1) is 16.1. The summed E-state index contributed by atoms with van der Waals surface area (Å²) in [6, 6.07) is 18.5. The number of hydrogen-bond acceptors (Lipinski definition) is 5. The van der Waals surface area contributed by atoms with Gasteiger partial charge in [-0.05, 0) is 73.5 Å². The minimum atomic E-state index is -0.260. The number of aromatic nitrogens is 1. The van der Waals surface area contributed by atoms with Crippen LogP contribution in [0.15, 0.2) is 60.7 Å². The summed E-state index contributed by atoms with van der Waals surface area (Å²) in [6.07, 6.45) is 2.18. The summed E-state index contributed by atoms with van der Waals surface area (Å²) in [6.45, 7) is 5.28. The molecular formula is C27H29FN2O3. The molecule has 4 rings (SSSR count). The Kier molecular flexibility index (Phi) is 7.68. The molecule has 0 amide bonds. The maximum absolute atomic E-state index is 13.3. The molecule has 0 atom stereocenters. The van der Waals surface area contributed by atoms with Crippen molar-refractivity contribution in [2.24, 2.45) is 0 Å². The van der Waals surface area contributed by atoms with Crippen LogP contribution >= 0.6 is 0 Å². The van der Waals surface area contributed by atoms with Crippen LogP contribution in [0.25, 0.3) is 11.3 Å². The van der Waals surface area contributed by atoms with Gasteiger partial charge in [-0.15, -0.1) is 0 Å². The molecule has 0 saturated carbocycles. The molecule has 0 bridgehead atoms. The van der Waals surface area contributed by atoms with Gasteiger partial charge in [0.1, 0.15) is 18.2 Å². The van der Waals surface area contributed by atoms with Crippen LogP contribution in [0.5, 0.6) is 5.75 Å². The van der Waals surface area contributed by atoms with E-state index in [4.69, 9.17) is 14.5 Å². The van der Waals surface area contributed by atoms with Crippen LogP contribution in [0.2, 0.25) is 0 Å². The lowest BCUT2D eigenvalue weighted by Gasteiger charge is -2.28. The number of carbonyl (C=O) groups excluding carboxylic acids is 1. The minimum Gasteiger partial charge on any atom is -0.489 e. The molecule has 6 heteroatoms. The van der Waals surface area contributed by atoms with Gasteiger partial charge in [-0.2, -0.15) is 0 Å². The van der Waals surface area contributed by atoms with Crippen molar-refractivity contribution < 1.29 is 18.7 Å². The van der Waals surface area contributed by atoms with E-state index in [0.717, 1.165) is 60.7 Å². The first-order valence-electron chi connectivity index (χ1n) is 11.4. The van der Waals surface area contributed by atoms with Crippen molar-refractivity contribution in [1.29, 1.82) is 0 Å². The van der Waals surface area contributed by atoms with Crippen LogP contribution in [-0.2, 0) is 29.1 Å². The number of carbonyl (C=O) groups is 1. The van der Waals surface area contributed by atoms with Crippen LogP contribution in [0.3, 0.4) is 0 Å². The zero-order valence-corrected chi connectivity index (χ0v) is 18.9. The number of hydrogen-bond donors (Lipinski definition) is 0. The molecule has 1 aromatic heterocycles. The average Bonchev–Trinajstić information content (AvgIpc) is 2.83. The fraction of sp³-hybridized carbons (Fsp3) is 0.333. The molecule has 0 fully saturated rings. The summed E-state index contributed by atoms with van der Waals surface area (Å²) in [7, 11) is 0. The standard InChI is InChI=1S/C27H29FN2O3/c1-2-32-27(31)7-4-15-30-16-14-26-22(18-30)10-13-25(29-26)21-8-11-24(12-9-21)33-19-20-5-3-6-23(28)17-20/h3,5-6,8-13,17H,2,4,7,14-16,18-19H2,1H3. The molecular weight excluding hydrogens is 419 g/mol. The van der Waals surface area contributed by atoms with Crippen molar-refractivity contribution >= 4 is 5.97 Å². The number of halogens is 1. The molecule has 0 spiro atoms. The molecule has 1 aliphatic rings. The third kappa shape index (κ3) is 6.39. The quantitative estimate of drug-likeness (QED) is 0.423. The van der Waals surface area contributed by atoms with Crippen LogP contribution in [0.4, 0.5) is 4.39 Å². The van der Waals surface area contributed by atoms with Gasteiger partial charge < -0.3 is 9.47 Å². The fourth-order valence-corrected chi connectivity index (χ4v) is 4.02. The van der Waals surface area contributed by atoms with Gasteiger partial charge in [-0.3, -0.25) is 14.7 Å². The lowest BCUT2D eigenvalue weighted by molar-refractivity contribution is -0.143. The summed E-state index contributed by atoms with van der Waals surface area (Å²) < 4.78 is 24.1. The molecule has 0 unspecified atom stereocenters. The first-order valence-corrected chi connectivity index (χ1v) is 11.4. The van der Waals surface area contributed by atoms with Crippen molar-refractivity contribution in [3.63, 3.8) is 0 Å². The van der Waals surface area contributed by atoms with E-state index in [2.05, 4.69) is 17.0 Å². The van der Waals surface area contributed by atoms with Gasteiger partial charge in [-0.1, -0.05) is 18.2 Å². The smallest absolute Gasteiger partial charge is 0.305 e. The average molecular weight is 449 g/mol. The Balaban J connectivity index is 1.32. The largest absolute Gasteiger partial charge is 0.489 e. The second-order valence-corrected chi connectivity index (χ2v) is 8.18. The van der Waals surface area contributed by atoms with E-state index in [0.29, 0.717) is 19.6 Å². The lowest BCUT2D eigenvalue weighted by atomic mass is 10.0. The maximum Gasteiger partial charge on any atom is 0.305 e. The van der Waals surface area contributed by atoms with Crippen molar-refractivity contribution in [2.45, 2.75) is 39.3 Å². The van der Waals surface area contributed by atoms with E-state index in [-0.39, 0.29) is 11.8 Å². The summed E-state index contributed by atoms with van der Waals surface area (Å²) >= 11 is 0. The number of esters is 1. The van der Waals surface area contributed by atoms with Crippen molar-refractivity contribution in [3.05, 3.63) is 83.3 Å². The van der Waals surface area contributed by atoms with E-state index in [1.807, 2.05) is 37.3 Å². The van der Waals surface area contributed by atoms with E-state index >= 15 is 0 Å². The van der Waals surface area contributed by atoms with Gasteiger partial charge >= 0.3 is 5.97 Å². The Hall–Kier alpha value is -3.25. The van der Waals surface area contributed by atoms with Gasteiger partial charge in [0.15, 0.2) is 0 Å². The van der Waals surface area contributed by atoms with Crippen LogP contribution < -0.4 is 4.74 Å². The molecule has 2 aromatic carbocycles. The van der Waals surface area contributed by atoms with E-state index in [1.165, 1.54) is 17.7 Å². The number of ether oxygens (including phenoxy) is 2. The van der Waals surface area contributed by atoms with Crippen LogP contribution in [0.1, 0.15) is 36.6 Å². The third-order valence-electron chi connectivity index (χ3n) is 5.73. The highest BCUT2D eigenvalue weighted by molar-refractivity contribution is 5.69. The van der Waals surface area contributed by atoms with E-state index in [9.17, 15) is 9.18 Å². The predicted octanol–water partition coefficient (Wildman–Crippen LogP) is 5.17. The Labute approximate surface area is 194 Å². The SMILES string of the molecule is CCOC(=O)CCCN1CCc2nc(-c3ccc(OCc4cccc(F)c4)cc3)ccc2C1. The van der Waals surface area contributed by atoms with Crippen molar-refractivity contribution in [1.82, 2.24) is 9.88 Å². The summed E-state index contributed by atoms with van der Waals surface area (Å²) in [5, 5.41) is 0. The summed E-state index contributed by atoms with van der Waals surface area (Å²) in [5.41, 5.74) is 5.16. The molecule has 5 nitrogen and oxygen atoms in total. The van der Waals surface area contributed by atoms with Gasteiger partial charge in [0.25, 0.3) is 0 Å². The molecule has 0 saturated heterocycles. The molecule has 2 heterocycles. The highest BCUT2D eigenvalue weighted by atomic mass is 19.1. The van der Waals surface area contributed by atoms with Crippen LogP contribution in [-0.4, -0.2) is 35.5 Å². The summed E-state index contributed by atoms with van der Waals surface area (Å²) in [4.78, 5) is 18.8. The number of fused-ring (bicyclic) bond motifs is 1. The molecule has 0 aliphatic carbocycles. The first kappa shape index (κ1) is 22.9. The number of nitrogens with zero attached hydrogens (tertiary/aromatic N) is 2. The van der Waals surface area contributed by atoms with Gasteiger partial charge in [0, 0.05) is 37.2 Å². The molecule has 3 aromatic rings. The highest BCUT2D eigenvalue weighted by Crippen LogP contribution is 2.25. The predicted molar refractivity (Wildman–Crippen MR) is 125 cm³/mol. The van der Waals surface area contributed by atoms with E-state index < -0.39 is 0 Å². The molecule has 0 N–H and O–H groups in total. The van der Waals surface area contributed by atoms with Gasteiger partial charge in [0.05, 0.1) is 12.3 Å². The fourth-order valence-electron chi connectivity index (χ4n) is 4.02. The Morgan fingerprint density at radius 2 is 1.97 bits per heavy atom. The van der Waals surface area contributed by atoms with Crippen LogP contribution in [0, 0.1) is 5.82 Å². The number of rotatable bonds is 9. The zero-order valence-electron chi connectivity index (χ0n) is 18.9. The van der Waals surface area contributed by atoms with Gasteiger partial charge in [0.2, 0.25) is 0 Å². The lowest BCUT2D eigenvalue weighted by Crippen LogP contribution is -2.32. The minimum absolute atomic E-state index is 0.119. The third-order valence-corrected chi connectivity index (χ3v) is 5.73. The molecule has 33 heavy (non-hydrogen) atoms. The molecule has 172 valence electrons. The van der Waals surface area contributed by atoms with E-state index in [1.54, 1.807) is 6.07 Å². The van der Waals surface area contributed by atoms with Crippen molar-refractivity contribution in [2.75, 3.05) is 19.7 Å². The topological polar surface area (TPSA) is 51.7 Å². The number of benzene rings is 2. The maximum atomic E-state index is 13.3. The number of pyridine rings is 1. The molecule has 0 radical (unpaired) electrons. The summed E-state index contributed by atoms with van der Waals surface area (Å²) in [5.74, 6) is 0.357. The second kappa shape index (κ2) is 11.1.